The van der Waals surface area contributed by atoms with Crippen LogP contribution in [0.25, 0.3) is 0 Å². The molecule has 1 saturated heterocycles. The second-order valence-electron chi connectivity index (χ2n) is 5.28. The summed E-state index contributed by atoms with van der Waals surface area (Å²) in [5.74, 6) is -0.189. The van der Waals surface area contributed by atoms with Crippen molar-refractivity contribution in [3.05, 3.63) is 24.3 Å². The lowest BCUT2D eigenvalue weighted by Crippen LogP contribution is -2.26. The van der Waals surface area contributed by atoms with Crippen LogP contribution in [0.2, 0.25) is 0 Å². The summed E-state index contributed by atoms with van der Waals surface area (Å²) in [6.07, 6.45) is -1.37. The van der Waals surface area contributed by atoms with Gasteiger partial charge in [-0.15, -0.1) is 13.2 Å². The second-order valence-corrected chi connectivity index (χ2v) is 5.28. The number of anilines is 1. The maximum absolute atomic E-state index is 12.1. The van der Waals surface area contributed by atoms with Crippen molar-refractivity contribution in [1.82, 2.24) is 4.90 Å². The number of nitrogens with one attached hydrogen (secondary N) is 1. The summed E-state index contributed by atoms with van der Waals surface area (Å²) in [5, 5.41) is 3.39. The predicted molar refractivity (Wildman–Crippen MR) is 76.5 cm³/mol. The number of hydrogen-bond acceptors (Lipinski definition) is 3. The van der Waals surface area contributed by atoms with Crippen LogP contribution in [0.3, 0.4) is 0 Å². The Hall–Kier alpha value is -1.43. The van der Waals surface area contributed by atoms with Crippen molar-refractivity contribution in [3.63, 3.8) is 0 Å². The molecular weight excluding hydrogens is 281 g/mol. The minimum atomic E-state index is -4.64. The van der Waals surface area contributed by atoms with Gasteiger partial charge in [-0.1, -0.05) is 6.92 Å². The van der Waals surface area contributed by atoms with Crippen molar-refractivity contribution < 1.29 is 17.9 Å². The number of likely N-dealkylation sites (tertiary alicyclic amines) is 1. The number of rotatable bonds is 4. The molecule has 0 saturated carbocycles. The molecule has 1 unspecified atom stereocenters. The minimum absolute atomic E-state index is 0.189. The zero-order valence-corrected chi connectivity index (χ0v) is 12.1. The van der Waals surface area contributed by atoms with Gasteiger partial charge in [-0.3, -0.25) is 0 Å². The van der Waals surface area contributed by atoms with Crippen LogP contribution in [-0.4, -0.2) is 36.9 Å². The summed E-state index contributed by atoms with van der Waals surface area (Å²) in [5.41, 5.74) is 0.833. The topological polar surface area (TPSA) is 24.5 Å². The van der Waals surface area contributed by atoms with E-state index in [0.717, 1.165) is 44.6 Å². The van der Waals surface area contributed by atoms with E-state index >= 15 is 0 Å². The molecule has 1 aliphatic heterocycles. The van der Waals surface area contributed by atoms with Crippen molar-refractivity contribution in [2.24, 2.45) is 0 Å². The van der Waals surface area contributed by atoms with E-state index in [9.17, 15) is 13.2 Å². The third-order valence-electron chi connectivity index (χ3n) is 3.73. The van der Waals surface area contributed by atoms with Gasteiger partial charge in [0.1, 0.15) is 5.75 Å². The van der Waals surface area contributed by atoms with E-state index in [-0.39, 0.29) is 5.75 Å². The molecule has 0 bridgehead atoms. The van der Waals surface area contributed by atoms with Crippen LogP contribution in [0.4, 0.5) is 18.9 Å². The fourth-order valence-electron chi connectivity index (χ4n) is 2.60. The number of alkyl halides is 3. The van der Waals surface area contributed by atoms with E-state index in [1.54, 1.807) is 12.1 Å². The van der Waals surface area contributed by atoms with Crippen molar-refractivity contribution >= 4 is 5.69 Å². The Balaban J connectivity index is 1.88. The summed E-state index contributed by atoms with van der Waals surface area (Å²) in [4.78, 5) is 2.42. The van der Waals surface area contributed by atoms with Crippen molar-refractivity contribution in [2.45, 2.75) is 38.6 Å². The third-order valence-corrected chi connectivity index (χ3v) is 3.73. The summed E-state index contributed by atoms with van der Waals surface area (Å²) in [7, 11) is 0. The molecule has 21 heavy (non-hydrogen) atoms. The Bertz CT molecular complexity index is 434. The van der Waals surface area contributed by atoms with Crippen LogP contribution in [0.1, 0.15) is 26.2 Å². The van der Waals surface area contributed by atoms with Gasteiger partial charge in [0.2, 0.25) is 0 Å². The fourth-order valence-corrected chi connectivity index (χ4v) is 2.60. The lowest BCUT2D eigenvalue weighted by atomic mass is 10.1. The molecule has 0 spiro atoms. The Kier molecular flexibility index (Phi) is 5.33. The van der Waals surface area contributed by atoms with Crippen LogP contribution < -0.4 is 10.1 Å². The third kappa shape index (κ3) is 5.46. The average Bonchev–Trinajstić information content (AvgIpc) is 2.64. The zero-order valence-electron chi connectivity index (χ0n) is 12.1. The molecule has 1 aromatic carbocycles. The quantitative estimate of drug-likeness (QED) is 0.913. The van der Waals surface area contributed by atoms with Gasteiger partial charge in [0.25, 0.3) is 0 Å². The lowest BCUT2D eigenvalue weighted by molar-refractivity contribution is -0.274. The van der Waals surface area contributed by atoms with Crippen LogP contribution in [0.15, 0.2) is 24.3 Å². The van der Waals surface area contributed by atoms with E-state index in [1.165, 1.54) is 12.1 Å². The van der Waals surface area contributed by atoms with Crippen LogP contribution in [0, 0.1) is 0 Å². The first-order valence-corrected chi connectivity index (χ1v) is 7.31. The SMILES string of the molecule is CCN1CCCC(Nc2ccc(OC(F)(F)F)cc2)CC1. The average molecular weight is 302 g/mol. The van der Waals surface area contributed by atoms with E-state index in [0.29, 0.717) is 6.04 Å². The monoisotopic (exact) mass is 302 g/mol. The number of halogens is 3. The molecule has 6 heteroatoms. The van der Waals surface area contributed by atoms with E-state index in [2.05, 4.69) is 21.9 Å². The van der Waals surface area contributed by atoms with E-state index in [1.807, 2.05) is 0 Å². The summed E-state index contributed by atoms with van der Waals surface area (Å²) in [6.45, 7) is 5.40. The molecular formula is C15H21F3N2O. The van der Waals surface area contributed by atoms with Crippen LogP contribution in [-0.2, 0) is 0 Å². The van der Waals surface area contributed by atoms with E-state index in [4.69, 9.17) is 0 Å². The number of nitrogens with zero attached hydrogens (tertiary/aromatic N) is 1. The molecule has 2 rings (SSSR count). The Morgan fingerprint density at radius 3 is 2.52 bits per heavy atom. The Morgan fingerprint density at radius 2 is 1.90 bits per heavy atom. The molecule has 0 aliphatic carbocycles. The largest absolute Gasteiger partial charge is 0.573 e. The molecule has 0 radical (unpaired) electrons. The molecule has 1 atom stereocenters. The highest BCUT2D eigenvalue weighted by Crippen LogP contribution is 2.25. The van der Waals surface area contributed by atoms with Gasteiger partial charge >= 0.3 is 6.36 Å². The normalized spacial score (nSPS) is 20.9. The first kappa shape index (κ1) is 15.9. The van der Waals surface area contributed by atoms with Gasteiger partial charge in [-0.05, 0) is 56.6 Å². The van der Waals surface area contributed by atoms with Gasteiger partial charge in [-0.2, -0.15) is 0 Å². The van der Waals surface area contributed by atoms with Gasteiger partial charge in [0.15, 0.2) is 0 Å². The molecule has 3 nitrogen and oxygen atoms in total. The smallest absolute Gasteiger partial charge is 0.406 e. The molecule has 1 N–H and O–H groups in total. The summed E-state index contributed by atoms with van der Waals surface area (Å²) in [6, 6.07) is 6.30. The lowest BCUT2D eigenvalue weighted by Gasteiger charge is -2.19. The highest BCUT2D eigenvalue weighted by Gasteiger charge is 2.31. The molecule has 0 amide bonds. The number of hydrogen-bond donors (Lipinski definition) is 1. The van der Waals surface area contributed by atoms with Gasteiger partial charge in [0.05, 0.1) is 0 Å². The highest BCUT2D eigenvalue weighted by molar-refractivity contribution is 5.47. The Morgan fingerprint density at radius 1 is 1.19 bits per heavy atom. The molecule has 118 valence electrons. The van der Waals surface area contributed by atoms with Crippen LogP contribution >= 0.6 is 0 Å². The van der Waals surface area contributed by atoms with Gasteiger partial charge in [-0.25, -0.2) is 0 Å². The van der Waals surface area contributed by atoms with Crippen LogP contribution in [0.5, 0.6) is 5.75 Å². The van der Waals surface area contributed by atoms with Gasteiger partial charge in [0, 0.05) is 18.3 Å². The van der Waals surface area contributed by atoms with Crippen molar-refractivity contribution in [3.8, 4) is 5.75 Å². The molecule has 1 aromatic rings. The van der Waals surface area contributed by atoms with E-state index < -0.39 is 6.36 Å². The second kappa shape index (κ2) is 7.02. The minimum Gasteiger partial charge on any atom is -0.406 e. The maximum Gasteiger partial charge on any atom is 0.573 e. The Labute approximate surface area is 123 Å². The summed E-state index contributed by atoms with van der Waals surface area (Å²) >= 11 is 0. The van der Waals surface area contributed by atoms with Crippen molar-refractivity contribution in [2.75, 3.05) is 25.0 Å². The number of ether oxygens (including phenoxy) is 1. The number of benzene rings is 1. The summed E-state index contributed by atoms with van der Waals surface area (Å²) < 4.78 is 40.1. The molecule has 0 aromatic heterocycles. The standard InChI is InChI=1S/C15H21F3N2O/c1-2-20-10-3-4-12(9-11-20)19-13-5-7-14(8-6-13)21-15(16,17)18/h5-8,12,19H,2-4,9-11H2,1H3. The van der Waals surface area contributed by atoms with Gasteiger partial charge < -0.3 is 15.0 Å². The maximum atomic E-state index is 12.1. The molecule has 1 aliphatic rings. The fraction of sp³-hybridized carbons (Fsp3) is 0.600. The zero-order chi connectivity index (χ0) is 15.3. The highest BCUT2D eigenvalue weighted by atomic mass is 19.4. The molecule has 1 heterocycles. The van der Waals surface area contributed by atoms with Crippen molar-refractivity contribution in [1.29, 1.82) is 0 Å². The first-order chi connectivity index (χ1) is 9.96. The predicted octanol–water partition coefficient (Wildman–Crippen LogP) is 3.87. The molecule has 1 fully saturated rings. The first-order valence-electron chi connectivity index (χ1n) is 7.31.